The van der Waals surface area contributed by atoms with Crippen molar-refractivity contribution >= 4 is 34.9 Å². The quantitative estimate of drug-likeness (QED) is 0.729. The van der Waals surface area contributed by atoms with Crippen molar-refractivity contribution in [3.63, 3.8) is 0 Å². The molecular formula is C9H11Cl2N3S. The van der Waals surface area contributed by atoms with Crippen LogP contribution in [0.4, 0.5) is 0 Å². The summed E-state index contributed by atoms with van der Waals surface area (Å²) in [6.07, 6.45) is 2.30. The molecule has 6 heteroatoms. The highest BCUT2D eigenvalue weighted by atomic mass is 35.5. The molecule has 3 nitrogen and oxygen atoms in total. The van der Waals surface area contributed by atoms with Crippen LogP contribution in [-0.2, 0) is 4.87 Å². The molecule has 3 aliphatic heterocycles. The van der Waals surface area contributed by atoms with Crippen LogP contribution < -0.4 is 0 Å². The molecule has 1 aromatic rings. The number of piperidine rings is 3. The maximum Gasteiger partial charge on any atom is 0.167 e. The Bertz CT molecular complexity index is 375. The van der Waals surface area contributed by atoms with Crippen molar-refractivity contribution in [2.24, 2.45) is 5.92 Å². The zero-order chi connectivity index (χ0) is 10.5. The molecule has 4 heterocycles. The molecule has 0 aromatic carbocycles. The Morgan fingerprint density at radius 3 is 2.53 bits per heavy atom. The molecule has 4 rings (SSSR count). The van der Waals surface area contributed by atoms with E-state index in [0.29, 0.717) is 11.1 Å². The minimum absolute atomic E-state index is 0.388. The van der Waals surface area contributed by atoms with Crippen molar-refractivity contribution in [2.75, 3.05) is 19.6 Å². The van der Waals surface area contributed by atoms with Crippen LogP contribution in [0.2, 0.25) is 5.15 Å². The molecule has 1 unspecified atom stereocenters. The molecule has 0 radical (unpaired) electrons. The zero-order valence-corrected chi connectivity index (χ0v) is 10.4. The van der Waals surface area contributed by atoms with E-state index in [1.54, 1.807) is 0 Å². The van der Waals surface area contributed by atoms with E-state index in [2.05, 4.69) is 13.6 Å². The van der Waals surface area contributed by atoms with Crippen molar-refractivity contribution in [1.29, 1.82) is 0 Å². The third-order valence-electron chi connectivity index (χ3n) is 3.53. The smallest absolute Gasteiger partial charge is 0.167 e. The lowest BCUT2D eigenvalue weighted by molar-refractivity contribution is 0.0650. The minimum atomic E-state index is -0.388. The Labute approximate surface area is 103 Å². The summed E-state index contributed by atoms with van der Waals surface area (Å²) in [4.78, 5) is 2.00. The number of nitrogens with zero attached hydrogens (tertiary/aromatic N) is 3. The number of alkyl halides is 1. The summed E-state index contributed by atoms with van der Waals surface area (Å²) in [5, 5.41) is 0.490. The monoisotopic (exact) mass is 263 g/mol. The normalized spacial score (nSPS) is 39.6. The molecule has 0 spiro atoms. The lowest BCUT2D eigenvalue weighted by Crippen LogP contribution is -2.54. The summed E-state index contributed by atoms with van der Waals surface area (Å²) in [7, 11) is 0. The Balaban J connectivity index is 2.00. The van der Waals surface area contributed by atoms with Gasteiger partial charge in [-0.25, -0.2) is 0 Å². The van der Waals surface area contributed by atoms with Crippen molar-refractivity contribution < 1.29 is 0 Å². The zero-order valence-electron chi connectivity index (χ0n) is 8.12. The summed E-state index contributed by atoms with van der Waals surface area (Å²) >= 11 is 13.9. The standard InChI is InChI=1S/C9H11Cl2N3S/c10-8-7(12-15-13-8)9(11)5-14-3-1-6(9)2-4-14/h6H,1-5H2. The van der Waals surface area contributed by atoms with E-state index in [1.807, 2.05) is 0 Å². The Kier molecular flexibility index (Phi) is 2.43. The molecule has 0 saturated carbocycles. The maximum absolute atomic E-state index is 6.72. The minimum Gasteiger partial charge on any atom is -0.301 e. The second-order valence-corrected chi connectivity index (χ2v) is 5.88. The molecule has 3 fully saturated rings. The van der Waals surface area contributed by atoms with Crippen LogP contribution in [-0.4, -0.2) is 33.3 Å². The lowest BCUT2D eigenvalue weighted by Gasteiger charge is -2.49. The van der Waals surface area contributed by atoms with E-state index in [9.17, 15) is 0 Å². The number of halogens is 2. The summed E-state index contributed by atoms with van der Waals surface area (Å²) in [6.45, 7) is 3.19. The predicted molar refractivity (Wildman–Crippen MR) is 61.6 cm³/mol. The topological polar surface area (TPSA) is 29.0 Å². The van der Waals surface area contributed by atoms with Gasteiger partial charge in [-0.05, 0) is 31.8 Å². The van der Waals surface area contributed by atoms with Gasteiger partial charge in [0.05, 0.1) is 11.7 Å². The van der Waals surface area contributed by atoms with Gasteiger partial charge in [-0.15, -0.1) is 11.6 Å². The van der Waals surface area contributed by atoms with Crippen molar-refractivity contribution in [1.82, 2.24) is 13.6 Å². The van der Waals surface area contributed by atoms with Crippen molar-refractivity contribution in [3.8, 4) is 0 Å². The van der Waals surface area contributed by atoms with E-state index in [-0.39, 0.29) is 4.87 Å². The maximum atomic E-state index is 6.72. The highest BCUT2D eigenvalue weighted by Crippen LogP contribution is 2.48. The molecule has 0 aliphatic carbocycles. The molecule has 1 atom stereocenters. The molecule has 3 saturated heterocycles. The van der Waals surface area contributed by atoms with Crippen LogP contribution in [0.1, 0.15) is 18.5 Å². The van der Waals surface area contributed by atoms with Crippen LogP contribution in [0.3, 0.4) is 0 Å². The molecule has 15 heavy (non-hydrogen) atoms. The first-order valence-electron chi connectivity index (χ1n) is 5.10. The van der Waals surface area contributed by atoms with E-state index in [1.165, 1.54) is 0 Å². The van der Waals surface area contributed by atoms with Crippen LogP contribution >= 0.6 is 34.9 Å². The highest BCUT2D eigenvalue weighted by molar-refractivity contribution is 6.99. The molecule has 0 N–H and O–H groups in total. The van der Waals surface area contributed by atoms with Gasteiger partial charge in [-0.3, -0.25) is 0 Å². The highest BCUT2D eigenvalue weighted by Gasteiger charge is 2.49. The predicted octanol–water partition coefficient (Wildman–Crippen LogP) is 2.35. The van der Waals surface area contributed by atoms with Gasteiger partial charge in [0.1, 0.15) is 10.6 Å². The third kappa shape index (κ3) is 1.50. The third-order valence-corrected chi connectivity index (χ3v) is 5.03. The van der Waals surface area contributed by atoms with Crippen LogP contribution in [0.25, 0.3) is 0 Å². The molecule has 0 amide bonds. The Morgan fingerprint density at radius 2 is 2.07 bits per heavy atom. The van der Waals surface area contributed by atoms with Gasteiger partial charge < -0.3 is 4.90 Å². The SMILES string of the molecule is Clc1nsnc1C1(Cl)CN2CCC1CC2. The van der Waals surface area contributed by atoms with Crippen LogP contribution in [0.5, 0.6) is 0 Å². The largest absolute Gasteiger partial charge is 0.301 e. The first-order chi connectivity index (χ1) is 7.20. The van der Waals surface area contributed by atoms with Gasteiger partial charge in [0, 0.05) is 6.54 Å². The summed E-state index contributed by atoms with van der Waals surface area (Å²) in [5.41, 5.74) is 0.797. The second kappa shape index (κ2) is 3.55. The molecule has 82 valence electrons. The van der Waals surface area contributed by atoms with Gasteiger partial charge in [0.15, 0.2) is 5.15 Å². The fourth-order valence-electron chi connectivity index (χ4n) is 2.70. The fraction of sp³-hybridized carbons (Fsp3) is 0.778. The molecular weight excluding hydrogens is 253 g/mol. The fourth-order valence-corrected chi connectivity index (χ4v) is 4.20. The van der Waals surface area contributed by atoms with Gasteiger partial charge in [-0.2, -0.15) is 8.75 Å². The van der Waals surface area contributed by atoms with E-state index < -0.39 is 0 Å². The summed E-state index contributed by atoms with van der Waals surface area (Å²) in [5.74, 6) is 0.505. The van der Waals surface area contributed by atoms with Gasteiger partial charge >= 0.3 is 0 Å². The summed E-state index contributed by atoms with van der Waals surface area (Å²) < 4.78 is 8.28. The number of aromatic nitrogens is 2. The Morgan fingerprint density at radius 1 is 1.33 bits per heavy atom. The number of hydrogen-bond donors (Lipinski definition) is 0. The van der Waals surface area contributed by atoms with Gasteiger partial charge in [-0.1, -0.05) is 11.6 Å². The summed E-state index contributed by atoms with van der Waals surface area (Å²) in [6, 6.07) is 0. The average molecular weight is 264 g/mol. The first kappa shape index (κ1) is 10.3. The van der Waals surface area contributed by atoms with Gasteiger partial charge in [0.2, 0.25) is 0 Å². The second-order valence-electron chi connectivity index (χ2n) is 4.32. The van der Waals surface area contributed by atoms with Crippen LogP contribution in [0, 0.1) is 5.92 Å². The van der Waals surface area contributed by atoms with E-state index in [4.69, 9.17) is 23.2 Å². The van der Waals surface area contributed by atoms with Gasteiger partial charge in [0.25, 0.3) is 0 Å². The number of hydrogen-bond acceptors (Lipinski definition) is 4. The van der Waals surface area contributed by atoms with Crippen molar-refractivity contribution in [3.05, 3.63) is 10.8 Å². The van der Waals surface area contributed by atoms with E-state index >= 15 is 0 Å². The molecule has 1 aromatic heterocycles. The molecule has 2 bridgehead atoms. The number of rotatable bonds is 1. The number of fused-ring (bicyclic) bond motifs is 3. The lowest BCUT2D eigenvalue weighted by atomic mass is 9.77. The van der Waals surface area contributed by atoms with E-state index in [0.717, 1.165) is 49.9 Å². The average Bonchev–Trinajstić information content (AvgIpc) is 2.66. The van der Waals surface area contributed by atoms with Crippen molar-refractivity contribution in [2.45, 2.75) is 17.7 Å². The first-order valence-corrected chi connectivity index (χ1v) is 6.58. The Hall–Kier alpha value is 0.1000. The molecule has 3 aliphatic rings. The van der Waals surface area contributed by atoms with Crippen LogP contribution in [0.15, 0.2) is 0 Å².